The lowest BCUT2D eigenvalue weighted by Crippen LogP contribution is -2.40. The number of hydrogen-bond donors (Lipinski definition) is 2. The highest BCUT2D eigenvalue weighted by Crippen LogP contribution is 2.26. The topological polar surface area (TPSA) is 55.1 Å². The summed E-state index contributed by atoms with van der Waals surface area (Å²) in [5.41, 5.74) is 5.61. The van der Waals surface area contributed by atoms with Gasteiger partial charge in [-0.2, -0.15) is 0 Å². The molecule has 1 rings (SSSR count). The third-order valence-electron chi connectivity index (χ3n) is 2.16. The largest absolute Gasteiger partial charge is 0.347 e. The van der Waals surface area contributed by atoms with Crippen molar-refractivity contribution in [1.82, 2.24) is 5.32 Å². The number of amides is 1. The molecule has 0 fully saturated rings. The third kappa shape index (κ3) is 4.29. The summed E-state index contributed by atoms with van der Waals surface area (Å²) in [5.74, 6) is -0.116. The molecular weight excluding hydrogens is 267 g/mol. The Morgan fingerprint density at radius 2 is 2.25 bits per heavy atom. The van der Waals surface area contributed by atoms with Crippen LogP contribution in [0.1, 0.15) is 31.2 Å². The van der Waals surface area contributed by atoms with E-state index in [-0.39, 0.29) is 24.4 Å². The summed E-state index contributed by atoms with van der Waals surface area (Å²) in [5, 5.41) is 2.85. The third-order valence-corrected chi connectivity index (χ3v) is 3.57. The fraction of sp³-hybridized carbons (Fsp3) is 0.500. The maximum Gasteiger partial charge on any atom is 0.237 e. The van der Waals surface area contributed by atoms with Gasteiger partial charge in [-0.05, 0) is 25.5 Å². The molecule has 6 heteroatoms. The Labute approximate surface area is 111 Å². The molecule has 1 unspecified atom stereocenters. The van der Waals surface area contributed by atoms with Crippen LogP contribution in [0.25, 0.3) is 0 Å². The minimum atomic E-state index is -0.428. The average Bonchev–Trinajstić information content (AvgIpc) is 2.63. The van der Waals surface area contributed by atoms with Gasteiger partial charge in [0.05, 0.1) is 16.4 Å². The van der Waals surface area contributed by atoms with Crippen molar-refractivity contribution in [1.29, 1.82) is 0 Å². The van der Waals surface area contributed by atoms with Crippen molar-refractivity contribution in [3.8, 4) is 0 Å². The van der Waals surface area contributed by atoms with Crippen molar-refractivity contribution in [2.75, 3.05) is 0 Å². The van der Waals surface area contributed by atoms with Gasteiger partial charge in [-0.15, -0.1) is 23.7 Å². The van der Waals surface area contributed by atoms with E-state index in [9.17, 15) is 4.79 Å². The minimum Gasteiger partial charge on any atom is -0.347 e. The Hall–Kier alpha value is -0.290. The van der Waals surface area contributed by atoms with Gasteiger partial charge in [-0.25, -0.2) is 0 Å². The van der Waals surface area contributed by atoms with Crippen molar-refractivity contribution in [3.63, 3.8) is 0 Å². The van der Waals surface area contributed by atoms with Crippen LogP contribution in [-0.2, 0) is 4.79 Å². The van der Waals surface area contributed by atoms with Gasteiger partial charge < -0.3 is 11.1 Å². The highest BCUT2D eigenvalue weighted by Gasteiger charge is 2.15. The van der Waals surface area contributed by atoms with Crippen LogP contribution in [0.15, 0.2) is 12.1 Å². The lowest BCUT2D eigenvalue weighted by Gasteiger charge is -2.15. The summed E-state index contributed by atoms with van der Waals surface area (Å²) >= 11 is 7.28. The van der Waals surface area contributed by atoms with Crippen molar-refractivity contribution >= 4 is 41.3 Å². The second-order valence-electron chi connectivity index (χ2n) is 3.39. The van der Waals surface area contributed by atoms with Gasteiger partial charge >= 0.3 is 0 Å². The highest BCUT2D eigenvalue weighted by atomic mass is 35.5. The first-order valence-corrected chi connectivity index (χ1v) is 6.05. The molecule has 1 heterocycles. The van der Waals surface area contributed by atoms with Crippen LogP contribution in [0.5, 0.6) is 0 Å². The zero-order valence-corrected chi connectivity index (χ0v) is 11.6. The fourth-order valence-corrected chi connectivity index (χ4v) is 2.20. The summed E-state index contributed by atoms with van der Waals surface area (Å²) in [4.78, 5) is 12.5. The monoisotopic (exact) mass is 282 g/mol. The number of nitrogens with one attached hydrogen (secondary N) is 1. The molecule has 0 spiro atoms. The highest BCUT2D eigenvalue weighted by molar-refractivity contribution is 7.16. The molecule has 0 radical (unpaired) electrons. The van der Waals surface area contributed by atoms with E-state index < -0.39 is 6.04 Å². The lowest BCUT2D eigenvalue weighted by atomic mass is 10.2. The van der Waals surface area contributed by atoms with Crippen LogP contribution in [0.2, 0.25) is 4.34 Å². The Morgan fingerprint density at radius 3 is 2.69 bits per heavy atom. The van der Waals surface area contributed by atoms with E-state index >= 15 is 0 Å². The molecule has 3 nitrogen and oxygen atoms in total. The maximum atomic E-state index is 11.5. The molecule has 1 aromatic rings. The second kappa shape index (κ2) is 7.12. The van der Waals surface area contributed by atoms with Crippen LogP contribution in [0.3, 0.4) is 0 Å². The molecule has 92 valence electrons. The Bertz CT molecular complexity index is 343. The average molecular weight is 283 g/mol. The molecule has 0 aliphatic carbocycles. The van der Waals surface area contributed by atoms with Crippen LogP contribution in [-0.4, -0.2) is 11.9 Å². The van der Waals surface area contributed by atoms with Gasteiger partial charge in [0.2, 0.25) is 5.91 Å². The van der Waals surface area contributed by atoms with Gasteiger partial charge in [-0.1, -0.05) is 18.5 Å². The van der Waals surface area contributed by atoms with E-state index in [4.69, 9.17) is 17.3 Å². The molecule has 0 aliphatic rings. The Kier molecular flexibility index (Phi) is 6.99. The van der Waals surface area contributed by atoms with Crippen LogP contribution < -0.4 is 11.1 Å². The molecule has 0 aromatic carbocycles. The standard InChI is InChI=1S/C10H15ClN2OS.ClH/c1-3-7(12)10(14)13-6(2)8-4-5-9(11)15-8;/h4-7H,3,12H2,1-2H3,(H,13,14);1H/t6?,7-;/m0./s1. The summed E-state index contributed by atoms with van der Waals surface area (Å²) in [6.45, 7) is 3.80. The molecule has 3 N–H and O–H groups in total. The van der Waals surface area contributed by atoms with Crippen LogP contribution in [0, 0.1) is 0 Å². The molecule has 0 bridgehead atoms. The molecule has 16 heavy (non-hydrogen) atoms. The predicted octanol–water partition coefficient (Wildman–Crippen LogP) is 2.74. The molecule has 2 atom stereocenters. The number of hydrogen-bond acceptors (Lipinski definition) is 3. The molecule has 1 aromatic heterocycles. The quantitative estimate of drug-likeness (QED) is 0.892. The maximum absolute atomic E-state index is 11.5. The van der Waals surface area contributed by atoms with Gasteiger partial charge in [0.25, 0.3) is 0 Å². The first kappa shape index (κ1) is 15.7. The van der Waals surface area contributed by atoms with Crippen molar-refractivity contribution < 1.29 is 4.79 Å². The van der Waals surface area contributed by atoms with Gasteiger partial charge in [0.1, 0.15) is 0 Å². The molecular formula is C10H16Cl2N2OS. The first-order chi connectivity index (χ1) is 7.04. The fourth-order valence-electron chi connectivity index (χ4n) is 1.14. The number of carbonyl (C=O) groups is 1. The van der Waals surface area contributed by atoms with Gasteiger partial charge in [-0.3, -0.25) is 4.79 Å². The molecule has 0 saturated carbocycles. The van der Waals surface area contributed by atoms with E-state index in [1.54, 1.807) is 0 Å². The summed E-state index contributed by atoms with van der Waals surface area (Å²) in [7, 11) is 0. The van der Waals surface area contributed by atoms with E-state index in [1.165, 1.54) is 11.3 Å². The van der Waals surface area contributed by atoms with E-state index in [2.05, 4.69) is 5.32 Å². The van der Waals surface area contributed by atoms with Crippen molar-refractivity contribution in [2.24, 2.45) is 5.73 Å². The SMILES string of the molecule is CC[C@H](N)C(=O)NC(C)c1ccc(Cl)s1.Cl. The molecule has 1 amide bonds. The van der Waals surface area contributed by atoms with E-state index in [0.717, 1.165) is 9.21 Å². The van der Waals surface area contributed by atoms with Gasteiger partial charge in [0.15, 0.2) is 0 Å². The number of nitrogens with two attached hydrogens (primary N) is 1. The van der Waals surface area contributed by atoms with Gasteiger partial charge in [0, 0.05) is 4.88 Å². The van der Waals surface area contributed by atoms with Crippen LogP contribution >= 0.6 is 35.3 Å². The van der Waals surface area contributed by atoms with Crippen LogP contribution in [0.4, 0.5) is 0 Å². The summed E-state index contributed by atoms with van der Waals surface area (Å²) in [6.07, 6.45) is 0.643. The number of carbonyl (C=O) groups excluding carboxylic acids is 1. The van der Waals surface area contributed by atoms with Crippen molar-refractivity contribution in [3.05, 3.63) is 21.3 Å². The zero-order chi connectivity index (χ0) is 11.4. The molecule has 0 saturated heterocycles. The Morgan fingerprint density at radius 1 is 1.62 bits per heavy atom. The molecule has 0 aliphatic heterocycles. The normalized spacial score (nSPS) is 13.8. The zero-order valence-electron chi connectivity index (χ0n) is 9.20. The Balaban J connectivity index is 0.00000225. The number of rotatable bonds is 4. The van der Waals surface area contributed by atoms with E-state index in [0.29, 0.717) is 6.42 Å². The van der Waals surface area contributed by atoms with Crippen molar-refractivity contribution in [2.45, 2.75) is 32.4 Å². The number of thiophene rings is 1. The minimum absolute atomic E-state index is 0. The van der Waals surface area contributed by atoms with E-state index in [1.807, 2.05) is 26.0 Å². The number of halogens is 2. The second-order valence-corrected chi connectivity index (χ2v) is 5.13. The smallest absolute Gasteiger partial charge is 0.237 e. The summed E-state index contributed by atoms with van der Waals surface area (Å²) in [6, 6.07) is 3.27. The lowest BCUT2D eigenvalue weighted by molar-refractivity contribution is -0.123. The summed E-state index contributed by atoms with van der Waals surface area (Å²) < 4.78 is 0.728. The first-order valence-electron chi connectivity index (χ1n) is 4.85. The predicted molar refractivity (Wildman–Crippen MR) is 71.4 cm³/mol.